The Kier molecular flexibility index (Phi) is 5.07. The maximum atomic E-state index is 12.3. The Hall–Kier alpha value is -2.04. The van der Waals surface area contributed by atoms with Gasteiger partial charge in [0.05, 0.1) is 43.9 Å². The monoisotopic (exact) mass is 344 g/mol. The van der Waals surface area contributed by atoms with Gasteiger partial charge in [-0.05, 0) is 37.3 Å². The van der Waals surface area contributed by atoms with E-state index in [-0.39, 0.29) is 5.91 Å². The third-order valence-electron chi connectivity index (χ3n) is 4.48. The van der Waals surface area contributed by atoms with Crippen LogP contribution in [-0.4, -0.2) is 39.1 Å². The van der Waals surface area contributed by atoms with Gasteiger partial charge < -0.3 is 15.1 Å². The molecule has 0 aliphatic carbocycles. The molecule has 2 N–H and O–H groups in total. The largest absolute Gasteiger partial charge is 0.359 e. The van der Waals surface area contributed by atoms with Crippen molar-refractivity contribution in [2.45, 2.75) is 6.92 Å². The summed E-state index contributed by atoms with van der Waals surface area (Å²) in [5.41, 5.74) is 3.53. The number of quaternary nitrogens is 1. The molecule has 1 amide bonds. The zero-order valence-corrected chi connectivity index (χ0v) is 14.9. The molecule has 0 radical (unpaired) electrons. The number of likely N-dealkylation sites (N-methyl/N-ethyl adjacent to an activating group) is 1. The van der Waals surface area contributed by atoms with Crippen molar-refractivity contribution in [2.75, 3.05) is 43.4 Å². The molecule has 2 aromatic rings. The molecule has 126 valence electrons. The summed E-state index contributed by atoms with van der Waals surface area (Å²) in [6.45, 7) is 6.23. The van der Waals surface area contributed by atoms with E-state index >= 15 is 0 Å². The number of hydrogen-bond acceptors (Lipinski definition) is 2. The lowest BCUT2D eigenvalue weighted by Gasteiger charge is -2.32. The number of benzene rings is 2. The van der Waals surface area contributed by atoms with Crippen LogP contribution < -0.4 is 15.1 Å². The number of nitrogens with zero attached hydrogens (tertiary/aromatic N) is 1. The van der Waals surface area contributed by atoms with Crippen molar-refractivity contribution in [3.05, 3.63) is 58.6 Å². The highest BCUT2D eigenvalue weighted by atomic mass is 35.5. The van der Waals surface area contributed by atoms with Gasteiger partial charge in [0.25, 0.3) is 5.91 Å². The molecule has 3 rings (SSSR count). The van der Waals surface area contributed by atoms with Crippen molar-refractivity contribution in [1.29, 1.82) is 0 Å². The van der Waals surface area contributed by atoms with E-state index in [4.69, 9.17) is 11.6 Å². The van der Waals surface area contributed by atoms with Gasteiger partial charge in [-0.15, -0.1) is 0 Å². The minimum Gasteiger partial charge on any atom is -0.359 e. The molecule has 1 aliphatic rings. The molecular formula is C19H23ClN3O+. The van der Waals surface area contributed by atoms with Crippen LogP contribution in [0.2, 0.25) is 5.02 Å². The summed E-state index contributed by atoms with van der Waals surface area (Å²) in [5, 5.41) is 3.59. The fourth-order valence-electron chi connectivity index (χ4n) is 2.88. The van der Waals surface area contributed by atoms with Crippen LogP contribution >= 0.6 is 11.6 Å². The topological polar surface area (TPSA) is 36.8 Å². The maximum absolute atomic E-state index is 12.3. The van der Waals surface area contributed by atoms with E-state index in [2.05, 4.69) is 17.3 Å². The van der Waals surface area contributed by atoms with Crippen LogP contribution in [0.3, 0.4) is 0 Å². The molecular weight excluding hydrogens is 322 g/mol. The Labute approximate surface area is 148 Å². The number of aryl methyl sites for hydroxylation is 1. The van der Waals surface area contributed by atoms with E-state index in [1.165, 1.54) is 0 Å². The SMILES string of the molecule is Cc1ccc(C(=O)Nc2ccc(N3CC[NH+](C)CC3)c(Cl)c2)cc1. The number of amides is 1. The highest BCUT2D eigenvalue weighted by molar-refractivity contribution is 6.33. The fraction of sp³-hybridized carbons (Fsp3) is 0.316. The van der Waals surface area contributed by atoms with Gasteiger partial charge >= 0.3 is 0 Å². The van der Waals surface area contributed by atoms with E-state index in [0.717, 1.165) is 37.4 Å². The molecule has 1 aliphatic heterocycles. The molecule has 0 saturated carbocycles. The fourth-order valence-corrected chi connectivity index (χ4v) is 3.18. The highest BCUT2D eigenvalue weighted by Gasteiger charge is 2.19. The number of carbonyl (C=O) groups excluding carboxylic acids is 1. The number of carbonyl (C=O) groups is 1. The molecule has 0 unspecified atom stereocenters. The summed E-state index contributed by atoms with van der Waals surface area (Å²) in [4.78, 5) is 16.1. The van der Waals surface area contributed by atoms with Gasteiger partial charge in [0.2, 0.25) is 0 Å². The molecule has 1 fully saturated rings. The van der Waals surface area contributed by atoms with Crippen molar-refractivity contribution in [3.63, 3.8) is 0 Å². The Morgan fingerprint density at radius 3 is 2.42 bits per heavy atom. The predicted molar refractivity (Wildman–Crippen MR) is 99.4 cm³/mol. The Morgan fingerprint density at radius 1 is 1.12 bits per heavy atom. The normalized spacial score (nSPS) is 15.4. The highest BCUT2D eigenvalue weighted by Crippen LogP contribution is 2.29. The zero-order chi connectivity index (χ0) is 17.1. The molecule has 0 bridgehead atoms. The number of halogens is 1. The van der Waals surface area contributed by atoms with Gasteiger partial charge in [-0.3, -0.25) is 4.79 Å². The summed E-state index contributed by atoms with van der Waals surface area (Å²) in [6.07, 6.45) is 0. The zero-order valence-electron chi connectivity index (χ0n) is 14.1. The van der Waals surface area contributed by atoms with Gasteiger partial charge in [0.15, 0.2) is 0 Å². The van der Waals surface area contributed by atoms with Crippen LogP contribution in [0, 0.1) is 6.92 Å². The van der Waals surface area contributed by atoms with Crippen molar-refractivity contribution >= 4 is 28.9 Å². The first-order valence-electron chi connectivity index (χ1n) is 8.27. The molecule has 0 aromatic heterocycles. The van der Waals surface area contributed by atoms with Gasteiger partial charge in [-0.25, -0.2) is 0 Å². The first-order valence-corrected chi connectivity index (χ1v) is 8.64. The van der Waals surface area contributed by atoms with E-state index in [9.17, 15) is 4.79 Å². The predicted octanol–water partition coefficient (Wildman–Crippen LogP) is 2.24. The molecule has 24 heavy (non-hydrogen) atoms. The average Bonchev–Trinajstić information content (AvgIpc) is 2.57. The van der Waals surface area contributed by atoms with Crippen molar-refractivity contribution in [3.8, 4) is 0 Å². The Bertz CT molecular complexity index is 722. The quantitative estimate of drug-likeness (QED) is 0.896. The molecule has 0 spiro atoms. The summed E-state index contributed by atoms with van der Waals surface area (Å²) in [6, 6.07) is 13.3. The molecule has 1 heterocycles. The Balaban J connectivity index is 1.70. The lowest BCUT2D eigenvalue weighted by molar-refractivity contribution is -0.880. The minimum atomic E-state index is -0.123. The lowest BCUT2D eigenvalue weighted by Crippen LogP contribution is -3.12. The van der Waals surface area contributed by atoms with Crippen LogP contribution in [0.4, 0.5) is 11.4 Å². The minimum absolute atomic E-state index is 0.123. The van der Waals surface area contributed by atoms with Crippen LogP contribution in [0.25, 0.3) is 0 Å². The van der Waals surface area contributed by atoms with Crippen LogP contribution in [0.1, 0.15) is 15.9 Å². The van der Waals surface area contributed by atoms with Gasteiger partial charge in [-0.1, -0.05) is 29.3 Å². The number of anilines is 2. The van der Waals surface area contributed by atoms with Crippen molar-refractivity contribution < 1.29 is 9.69 Å². The molecule has 1 saturated heterocycles. The number of hydrogen-bond donors (Lipinski definition) is 2. The van der Waals surface area contributed by atoms with Crippen LogP contribution in [-0.2, 0) is 0 Å². The van der Waals surface area contributed by atoms with Gasteiger partial charge in [-0.2, -0.15) is 0 Å². The van der Waals surface area contributed by atoms with E-state index in [0.29, 0.717) is 16.3 Å². The molecule has 4 nitrogen and oxygen atoms in total. The third-order valence-corrected chi connectivity index (χ3v) is 4.78. The van der Waals surface area contributed by atoms with Crippen molar-refractivity contribution in [2.24, 2.45) is 0 Å². The van der Waals surface area contributed by atoms with Gasteiger partial charge in [0.1, 0.15) is 0 Å². The second-order valence-corrected chi connectivity index (χ2v) is 6.84. The third kappa shape index (κ3) is 3.89. The second kappa shape index (κ2) is 7.24. The smallest absolute Gasteiger partial charge is 0.255 e. The van der Waals surface area contributed by atoms with Crippen LogP contribution in [0.15, 0.2) is 42.5 Å². The molecule has 0 atom stereocenters. The molecule has 2 aromatic carbocycles. The average molecular weight is 345 g/mol. The van der Waals surface area contributed by atoms with Crippen molar-refractivity contribution in [1.82, 2.24) is 0 Å². The summed E-state index contributed by atoms with van der Waals surface area (Å²) in [7, 11) is 2.21. The first-order chi connectivity index (χ1) is 11.5. The van der Waals surface area contributed by atoms with Gasteiger partial charge in [0, 0.05) is 11.3 Å². The maximum Gasteiger partial charge on any atom is 0.255 e. The summed E-state index contributed by atoms with van der Waals surface area (Å²) in [5.74, 6) is -0.123. The molecule has 5 heteroatoms. The van der Waals surface area contributed by atoms with E-state index < -0.39 is 0 Å². The second-order valence-electron chi connectivity index (χ2n) is 6.43. The lowest BCUT2D eigenvalue weighted by atomic mass is 10.1. The standard InChI is InChI=1S/C19H22ClN3O/c1-14-3-5-15(6-4-14)19(24)21-16-7-8-18(17(20)13-16)23-11-9-22(2)10-12-23/h3-8,13H,9-12H2,1-2H3,(H,21,24)/p+1. The number of rotatable bonds is 3. The Morgan fingerprint density at radius 2 is 1.79 bits per heavy atom. The number of nitrogens with one attached hydrogen (secondary N) is 2. The van der Waals surface area contributed by atoms with E-state index in [1.807, 2.05) is 49.4 Å². The van der Waals surface area contributed by atoms with Crippen LogP contribution in [0.5, 0.6) is 0 Å². The first kappa shape index (κ1) is 16.8. The summed E-state index contributed by atoms with van der Waals surface area (Å²) < 4.78 is 0. The summed E-state index contributed by atoms with van der Waals surface area (Å²) >= 11 is 6.45. The number of piperazine rings is 1. The van der Waals surface area contributed by atoms with E-state index in [1.54, 1.807) is 4.90 Å².